The molecular formula is C22H26N2O3. The van der Waals surface area contributed by atoms with Gasteiger partial charge >= 0.3 is 0 Å². The van der Waals surface area contributed by atoms with Gasteiger partial charge in [-0.2, -0.15) is 0 Å². The average molecular weight is 366 g/mol. The molecule has 27 heavy (non-hydrogen) atoms. The molecule has 3 aromatic rings. The highest BCUT2D eigenvalue weighted by atomic mass is 16.5. The van der Waals surface area contributed by atoms with Crippen LogP contribution in [0.4, 0.5) is 0 Å². The van der Waals surface area contributed by atoms with Gasteiger partial charge in [0, 0.05) is 30.6 Å². The van der Waals surface area contributed by atoms with Crippen LogP contribution in [-0.2, 0) is 0 Å². The van der Waals surface area contributed by atoms with Crippen LogP contribution in [0.2, 0.25) is 0 Å². The number of aryl methyl sites for hydroxylation is 1. The van der Waals surface area contributed by atoms with Crippen LogP contribution in [0.5, 0.6) is 11.5 Å². The van der Waals surface area contributed by atoms with Crippen molar-refractivity contribution in [2.45, 2.75) is 20.3 Å². The Morgan fingerprint density at radius 1 is 1.11 bits per heavy atom. The fourth-order valence-corrected chi connectivity index (χ4v) is 2.99. The van der Waals surface area contributed by atoms with Gasteiger partial charge in [-0.25, -0.2) is 0 Å². The summed E-state index contributed by atoms with van der Waals surface area (Å²) in [6.07, 6.45) is 0.769. The minimum atomic E-state index is -0.0277. The molecule has 0 unspecified atom stereocenters. The number of carbonyl (C=O) groups is 1. The van der Waals surface area contributed by atoms with Gasteiger partial charge in [0.1, 0.15) is 17.2 Å². The molecule has 1 heterocycles. The number of para-hydroxylation sites is 1. The molecule has 0 atom stereocenters. The Morgan fingerprint density at radius 2 is 1.93 bits per heavy atom. The van der Waals surface area contributed by atoms with Gasteiger partial charge in [-0.1, -0.05) is 18.2 Å². The topological polar surface area (TPSA) is 54.6 Å². The third kappa shape index (κ3) is 4.61. The quantitative estimate of drug-likeness (QED) is 0.601. The smallest absolute Gasteiger partial charge is 0.270 e. The lowest BCUT2D eigenvalue weighted by atomic mass is 10.2. The molecule has 5 heteroatoms. The van der Waals surface area contributed by atoms with Crippen molar-refractivity contribution in [1.82, 2.24) is 9.88 Å². The van der Waals surface area contributed by atoms with Crippen molar-refractivity contribution in [3.8, 4) is 11.5 Å². The highest BCUT2D eigenvalue weighted by Crippen LogP contribution is 2.22. The number of nitrogens with one attached hydrogen (secondary N) is 1. The maximum atomic E-state index is 12.7. The Labute approximate surface area is 159 Å². The number of H-pyrrole nitrogens is 1. The first-order chi connectivity index (χ1) is 13.1. The van der Waals surface area contributed by atoms with Crippen LogP contribution < -0.4 is 9.47 Å². The van der Waals surface area contributed by atoms with E-state index in [2.05, 4.69) is 4.98 Å². The Hall–Kier alpha value is -2.95. The first-order valence-corrected chi connectivity index (χ1v) is 9.28. The monoisotopic (exact) mass is 366 g/mol. The Bertz CT molecular complexity index is 917. The number of benzene rings is 2. The normalized spacial score (nSPS) is 10.8. The molecule has 142 valence electrons. The lowest BCUT2D eigenvalue weighted by Crippen LogP contribution is -2.28. The van der Waals surface area contributed by atoms with Gasteiger partial charge in [-0.15, -0.1) is 0 Å². The number of carbonyl (C=O) groups excluding carboxylic acids is 1. The second-order valence-electron chi connectivity index (χ2n) is 6.56. The van der Waals surface area contributed by atoms with E-state index in [1.165, 1.54) is 0 Å². The number of rotatable bonds is 8. The first-order valence-electron chi connectivity index (χ1n) is 9.28. The molecule has 5 nitrogen and oxygen atoms in total. The predicted molar refractivity (Wildman–Crippen MR) is 108 cm³/mol. The van der Waals surface area contributed by atoms with E-state index in [1.54, 1.807) is 4.90 Å². The van der Waals surface area contributed by atoms with E-state index < -0.39 is 0 Å². The summed E-state index contributed by atoms with van der Waals surface area (Å²) < 4.78 is 11.3. The maximum absolute atomic E-state index is 12.7. The summed E-state index contributed by atoms with van der Waals surface area (Å²) in [6, 6.07) is 15.6. The Balaban J connectivity index is 1.55. The first kappa shape index (κ1) is 18.8. The van der Waals surface area contributed by atoms with Crippen LogP contribution in [0.1, 0.15) is 29.4 Å². The number of hydrogen-bond acceptors (Lipinski definition) is 3. The highest BCUT2D eigenvalue weighted by Gasteiger charge is 2.14. The summed E-state index contributed by atoms with van der Waals surface area (Å²) in [5.41, 5.74) is 2.60. The molecule has 2 aromatic carbocycles. The molecule has 1 amide bonds. The van der Waals surface area contributed by atoms with E-state index in [-0.39, 0.29) is 5.91 Å². The standard InChI is InChI=1S/C22H26N2O3/c1-4-26-18-11-10-17-14-20(23-19(17)15-18)22(25)24(3)12-7-13-27-21-9-6-5-8-16(21)2/h5-6,8-11,14-15,23H,4,7,12-13H2,1-3H3. The minimum absolute atomic E-state index is 0.0277. The summed E-state index contributed by atoms with van der Waals surface area (Å²) in [5, 5.41) is 0.998. The van der Waals surface area contributed by atoms with E-state index in [4.69, 9.17) is 9.47 Å². The van der Waals surface area contributed by atoms with Gasteiger partial charge in [0.25, 0.3) is 5.91 Å². The molecule has 1 N–H and O–H groups in total. The minimum Gasteiger partial charge on any atom is -0.494 e. The van der Waals surface area contributed by atoms with Gasteiger partial charge in [0.2, 0.25) is 0 Å². The van der Waals surface area contributed by atoms with Gasteiger partial charge in [-0.05, 0) is 50.1 Å². The molecule has 1 aromatic heterocycles. The van der Waals surface area contributed by atoms with Crippen molar-refractivity contribution in [3.63, 3.8) is 0 Å². The maximum Gasteiger partial charge on any atom is 0.270 e. The fourth-order valence-electron chi connectivity index (χ4n) is 2.99. The van der Waals surface area contributed by atoms with Gasteiger partial charge in [0.05, 0.1) is 13.2 Å². The number of fused-ring (bicyclic) bond motifs is 1. The average Bonchev–Trinajstić information content (AvgIpc) is 3.09. The van der Waals surface area contributed by atoms with Crippen molar-refractivity contribution in [1.29, 1.82) is 0 Å². The van der Waals surface area contributed by atoms with Gasteiger partial charge in [0.15, 0.2) is 0 Å². The molecular weight excluding hydrogens is 340 g/mol. The summed E-state index contributed by atoms with van der Waals surface area (Å²) in [7, 11) is 1.81. The fraction of sp³-hybridized carbons (Fsp3) is 0.318. The summed E-state index contributed by atoms with van der Waals surface area (Å²) in [4.78, 5) is 17.6. The molecule has 0 saturated carbocycles. The highest BCUT2D eigenvalue weighted by molar-refractivity contribution is 5.98. The zero-order valence-electron chi connectivity index (χ0n) is 16.1. The largest absolute Gasteiger partial charge is 0.494 e. The number of aromatic nitrogens is 1. The third-order valence-electron chi connectivity index (χ3n) is 4.47. The molecule has 0 aliphatic rings. The van der Waals surface area contributed by atoms with E-state index in [9.17, 15) is 4.79 Å². The van der Waals surface area contributed by atoms with Crippen LogP contribution >= 0.6 is 0 Å². The molecule has 0 spiro atoms. The van der Waals surface area contributed by atoms with Crippen LogP contribution in [0.3, 0.4) is 0 Å². The summed E-state index contributed by atoms with van der Waals surface area (Å²) >= 11 is 0. The number of hydrogen-bond donors (Lipinski definition) is 1. The van der Waals surface area contributed by atoms with E-state index in [0.717, 1.165) is 34.4 Å². The van der Waals surface area contributed by atoms with Crippen molar-refractivity contribution in [3.05, 3.63) is 59.8 Å². The van der Waals surface area contributed by atoms with Crippen LogP contribution in [0.15, 0.2) is 48.5 Å². The van der Waals surface area contributed by atoms with E-state index in [1.807, 2.05) is 69.4 Å². The number of ether oxygens (including phenoxy) is 2. The molecule has 3 rings (SSSR count). The van der Waals surface area contributed by atoms with Crippen molar-refractivity contribution >= 4 is 16.8 Å². The van der Waals surface area contributed by atoms with Gasteiger partial charge in [-0.3, -0.25) is 4.79 Å². The second-order valence-corrected chi connectivity index (χ2v) is 6.56. The van der Waals surface area contributed by atoms with E-state index >= 15 is 0 Å². The second kappa shape index (κ2) is 8.62. The zero-order valence-corrected chi connectivity index (χ0v) is 16.1. The lowest BCUT2D eigenvalue weighted by molar-refractivity contribution is 0.0783. The molecule has 0 saturated heterocycles. The van der Waals surface area contributed by atoms with Crippen molar-refractivity contribution in [2.75, 3.05) is 26.8 Å². The molecule has 0 aliphatic carbocycles. The zero-order chi connectivity index (χ0) is 19.2. The molecule has 0 bridgehead atoms. The Kier molecular flexibility index (Phi) is 6.01. The molecule has 0 fully saturated rings. The molecule has 0 radical (unpaired) electrons. The number of aromatic amines is 1. The SMILES string of the molecule is CCOc1ccc2cc(C(=O)N(C)CCCOc3ccccc3C)[nH]c2c1. The summed E-state index contributed by atoms with van der Waals surface area (Å²) in [6.45, 7) is 5.80. The summed E-state index contributed by atoms with van der Waals surface area (Å²) in [5.74, 6) is 1.67. The van der Waals surface area contributed by atoms with Crippen LogP contribution in [-0.4, -0.2) is 42.6 Å². The molecule has 0 aliphatic heterocycles. The van der Waals surface area contributed by atoms with E-state index in [0.29, 0.717) is 25.5 Å². The Morgan fingerprint density at radius 3 is 2.70 bits per heavy atom. The number of nitrogens with zero attached hydrogens (tertiary/aromatic N) is 1. The van der Waals surface area contributed by atoms with Gasteiger partial charge < -0.3 is 19.4 Å². The van der Waals surface area contributed by atoms with Crippen molar-refractivity contribution < 1.29 is 14.3 Å². The van der Waals surface area contributed by atoms with Crippen LogP contribution in [0, 0.1) is 6.92 Å². The van der Waals surface area contributed by atoms with Crippen LogP contribution in [0.25, 0.3) is 10.9 Å². The lowest BCUT2D eigenvalue weighted by Gasteiger charge is -2.16. The number of amides is 1. The van der Waals surface area contributed by atoms with Crippen molar-refractivity contribution in [2.24, 2.45) is 0 Å². The predicted octanol–water partition coefficient (Wildman–Crippen LogP) is 4.42. The third-order valence-corrected chi connectivity index (χ3v) is 4.47.